The monoisotopic (exact) mass is 864 g/mol. The number of ether oxygens (including phenoxy) is 1. The molecule has 1 amide bonds. The van der Waals surface area contributed by atoms with Gasteiger partial charge in [-0.2, -0.15) is 0 Å². The number of amides is 1. The van der Waals surface area contributed by atoms with Crippen LogP contribution in [-0.4, -0.2) is 47.4 Å². The second kappa shape index (κ2) is 51.5. The molecular weight excluding hydrogens is 755 g/mol. The summed E-state index contributed by atoms with van der Waals surface area (Å²) in [6.07, 6.45) is 58.1. The minimum Gasteiger partial charge on any atom is -0.466 e. The molecule has 0 heterocycles. The summed E-state index contributed by atoms with van der Waals surface area (Å²) in [6, 6.07) is -0.542. The Morgan fingerprint density at radius 1 is 0.393 bits per heavy atom. The molecule has 0 aromatic rings. The summed E-state index contributed by atoms with van der Waals surface area (Å²) in [7, 11) is 0. The first kappa shape index (κ1) is 59.9. The molecule has 2 unspecified atom stereocenters. The maximum absolute atomic E-state index is 12.4. The third kappa shape index (κ3) is 48.2. The number of aliphatic hydroxyl groups is 2. The first-order valence-electron chi connectivity index (χ1n) is 27.8. The van der Waals surface area contributed by atoms with Crippen molar-refractivity contribution in [1.82, 2.24) is 5.32 Å². The smallest absolute Gasteiger partial charge is 0.305 e. The Kier molecular flexibility index (Phi) is 50.5. The molecule has 0 rings (SSSR count). The fourth-order valence-corrected chi connectivity index (χ4v) is 8.88. The van der Waals surface area contributed by atoms with Crippen LogP contribution < -0.4 is 5.32 Å². The van der Waals surface area contributed by atoms with Crippen LogP contribution in [0.5, 0.6) is 0 Å². The second-order valence-corrected chi connectivity index (χ2v) is 19.3. The van der Waals surface area contributed by atoms with Crippen LogP contribution in [0.2, 0.25) is 0 Å². The number of nitrogens with one attached hydrogen (secondary N) is 1. The van der Waals surface area contributed by atoms with Crippen molar-refractivity contribution in [1.29, 1.82) is 0 Å². The van der Waals surface area contributed by atoms with E-state index < -0.39 is 12.1 Å². The lowest BCUT2D eigenvalue weighted by molar-refractivity contribution is -0.143. The normalized spacial score (nSPS) is 12.5. The Balaban J connectivity index is 3.34. The maximum Gasteiger partial charge on any atom is 0.305 e. The highest BCUT2D eigenvalue weighted by molar-refractivity contribution is 5.76. The number of hydrogen-bond acceptors (Lipinski definition) is 5. The van der Waals surface area contributed by atoms with E-state index in [1.54, 1.807) is 0 Å². The molecule has 0 saturated heterocycles. The van der Waals surface area contributed by atoms with E-state index in [1.807, 2.05) is 0 Å². The average molecular weight is 864 g/mol. The SMILES string of the molecule is CCCCCCCCCCCCCCCCCCCCC(=O)OCCCCCCCCCCCCCCCCCCCC(=O)NC(CO)C(O)CCCCCCCCCCC. The van der Waals surface area contributed by atoms with Crippen LogP contribution in [0.25, 0.3) is 0 Å². The van der Waals surface area contributed by atoms with Crippen LogP contribution in [0, 0.1) is 0 Å². The fourth-order valence-electron chi connectivity index (χ4n) is 8.88. The van der Waals surface area contributed by atoms with Gasteiger partial charge < -0.3 is 20.3 Å². The molecule has 61 heavy (non-hydrogen) atoms. The predicted octanol–water partition coefficient (Wildman–Crippen LogP) is 16.7. The zero-order chi connectivity index (χ0) is 44.4. The van der Waals surface area contributed by atoms with Gasteiger partial charge in [0.25, 0.3) is 0 Å². The second-order valence-electron chi connectivity index (χ2n) is 19.3. The van der Waals surface area contributed by atoms with Gasteiger partial charge in [0.05, 0.1) is 25.4 Å². The molecule has 0 spiro atoms. The van der Waals surface area contributed by atoms with Crippen molar-refractivity contribution in [2.45, 2.75) is 328 Å². The highest BCUT2D eigenvalue weighted by Crippen LogP contribution is 2.18. The number of aliphatic hydroxyl groups excluding tert-OH is 2. The number of hydrogen-bond donors (Lipinski definition) is 3. The molecule has 0 aliphatic rings. The van der Waals surface area contributed by atoms with E-state index in [0.29, 0.717) is 25.9 Å². The lowest BCUT2D eigenvalue weighted by Crippen LogP contribution is -2.45. The predicted molar refractivity (Wildman–Crippen MR) is 264 cm³/mol. The minimum absolute atomic E-state index is 0.0102. The Morgan fingerprint density at radius 2 is 0.672 bits per heavy atom. The molecule has 3 N–H and O–H groups in total. The molecule has 0 aliphatic carbocycles. The maximum atomic E-state index is 12.4. The first-order valence-corrected chi connectivity index (χ1v) is 27.8. The van der Waals surface area contributed by atoms with Gasteiger partial charge in [-0.05, 0) is 25.7 Å². The Labute approximate surface area is 381 Å². The molecule has 0 saturated carbocycles. The standard InChI is InChI=1S/C55H109NO5/c1-3-5-7-9-11-13-14-15-16-17-20-23-26-29-33-37-41-45-49-55(60)61-50-46-42-38-34-30-27-24-21-18-19-22-25-28-32-36-40-44-48-54(59)56-52(51-57)53(58)47-43-39-35-31-12-10-8-6-4-2/h52-53,57-58H,3-51H2,1-2H3,(H,56,59). The van der Waals surface area contributed by atoms with Gasteiger partial charge in [0.1, 0.15) is 0 Å². The van der Waals surface area contributed by atoms with E-state index in [9.17, 15) is 19.8 Å². The summed E-state index contributed by atoms with van der Waals surface area (Å²) in [5, 5.41) is 23.1. The molecule has 0 aromatic carbocycles. The van der Waals surface area contributed by atoms with Gasteiger partial charge in [0.15, 0.2) is 0 Å². The summed E-state index contributed by atoms with van der Waals surface area (Å²) < 4.78 is 5.49. The molecule has 2 atom stereocenters. The van der Waals surface area contributed by atoms with Crippen molar-refractivity contribution in [2.24, 2.45) is 0 Å². The van der Waals surface area contributed by atoms with Crippen molar-refractivity contribution < 1.29 is 24.5 Å². The number of esters is 1. The summed E-state index contributed by atoms with van der Waals surface area (Å²) in [6.45, 7) is 4.94. The Hall–Kier alpha value is -1.14. The molecule has 0 fully saturated rings. The molecule has 6 nitrogen and oxygen atoms in total. The van der Waals surface area contributed by atoms with Gasteiger partial charge in [-0.25, -0.2) is 0 Å². The molecule has 0 aliphatic heterocycles. The third-order valence-electron chi connectivity index (χ3n) is 13.2. The van der Waals surface area contributed by atoms with Gasteiger partial charge >= 0.3 is 5.97 Å². The van der Waals surface area contributed by atoms with Crippen LogP contribution in [0.4, 0.5) is 0 Å². The van der Waals surface area contributed by atoms with Crippen molar-refractivity contribution in [3.8, 4) is 0 Å². The summed E-state index contributed by atoms with van der Waals surface area (Å²) in [4.78, 5) is 24.5. The van der Waals surface area contributed by atoms with Crippen molar-refractivity contribution in [3.05, 3.63) is 0 Å². The van der Waals surface area contributed by atoms with Gasteiger partial charge in [0, 0.05) is 12.8 Å². The molecule has 0 bridgehead atoms. The van der Waals surface area contributed by atoms with Crippen molar-refractivity contribution >= 4 is 11.9 Å². The molecule has 364 valence electrons. The molecule has 0 radical (unpaired) electrons. The highest BCUT2D eigenvalue weighted by Gasteiger charge is 2.20. The van der Waals surface area contributed by atoms with Gasteiger partial charge in [-0.15, -0.1) is 0 Å². The Bertz CT molecular complexity index is 867. The van der Waals surface area contributed by atoms with Gasteiger partial charge in [-0.3, -0.25) is 9.59 Å². The van der Waals surface area contributed by atoms with Crippen LogP contribution in [0.15, 0.2) is 0 Å². The van der Waals surface area contributed by atoms with Gasteiger partial charge in [-0.1, -0.05) is 277 Å². The minimum atomic E-state index is -0.664. The van der Waals surface area contributed by atoms with E-state index in [2.05, 4.69) is 19.2 Å². The fraction of sp³-hybridized carbons (Fsp3) is 0.964. The van der Waals surface area contributed by atoms with Crippen LogP contribution in [0.3, 0.4) is 0 Å². The van der Waals surface area contributed by atoms with Crippen LogP contribution in [0.1, 0.15) is 316 Å². The van der Waals surface area contributed by atoms with Crippen molar-refractivity contribution in [2.75, 3.05) is 13.2 Å². The highest BCUT2D eigenvalue weighted by atomic mass is 16.5. The number of rotatable bonds is 52. The summed E-state index contributed by atoms with van der Waals surface area (Å²) >= 11 is 0. The van der Waals surface area contributed by atoms with E-state index in [0.717, 1.165) is 38.5 Å². The van der Waals surface area contributed by atoms with Gasteiger partial charge in [0.2, 0.25) is 5.91 Å². The van der Waals surface area contributed by atoms with E-state index in [-0.39, 0.29) is 18.5 Å². The molecular formula is C55H109NO5. The summed E-state index contributed by atoms with van der Waals surface area (Å²) in [5.41, 5.74) is 0. The van der Waals surface area contributed by atoms with Crippen LogP contribution >= 0.6 is 0 Å². The summed E-state index contributed by atoms with van der Waals surface area (Å²) in [5.74, 6) is -0.0310. The van der Waals surface area contributed by atoms with Crippen molar-refractivity contribution in [3.63, 3.8) is 0 Å². The largest absolute Gasteiger partial charge is 0.466 e. The zero-order valence-electron chi connectivity index (χ0n) is 41.4. The van der Waals surface area contributed by atoms with E-state index in [1.165, 1.54) is 244 Å². The number of carbonyl (C=O) groups is 2. The Morgan fingerprint density at radius 3 is 1.00 bits per heavy atom. The van der Waals surface area contributed by atoms with E-state index >= 15 is 0 Å². The zero-order valence-corrected chi connectivity index (χ0v) is 41.4. The number of unbranched alkanes of at least 4 members (excludes halogenated alkanes) is 41. The molecule has 0 aromatic heterocycles. The molecule has 6 heteroatoms. The lowest BCUT2D eigenvalue weighted by atomic mass is 10.0. The van der Waals surface area contributed by atoms with Crippen LogP contribution in [-0.2, 0) is 14.3 Å². The number of carbonyl (C=O) groups excluding carboxylic acids is 2. The van der Waals surface area contributed by atoms with E-state index in [4.69, 9.17) is 4.74 Å². The lowest BCUT2D eigenvalue weighted by Gasteiger charge is -2.22. The topological polar surface area (TPSA) is 95.9 Å². The average Bonchev–Trinajstić information content (AvgIpc) is 3.26. The quantitative estimate of drug-likeness (QED) is 0.0418. The third-order valence-corrected chi connectivity index (χ3v) is 13.2. The first-order chi connectivity index (χ1) is 30.0.